The first-order valence-corrected chi connectivity index (χ1v) is 6.44. The molecule has 4 heteroatoms. The molecule has 0 saturated carbocycles. The van der Waals surface area contributed by atoms with Gasteiger partial charge in [-0.3, -0.25) is 5.01 Å². The average Bonchev–Trinajstić information content (AvgIpc) is 2.86. The van der Waals surface area contributed by atoms with Crippen LogP contribution in [0.15, 0.2) is 53.6 Å². The molecule has 1 aliphatic heterocycles. The fraction of sp³-hybridized carbons (Fsp3) is 0.188. The number of hydrogen-bond donors (Lipinski definition) is 0. The summed E-state index contributed by atoms with van der Waals surface area (Å²) >= 11 is 0. The monoisotopic (exact) mass is 272 g/mol. The van der Waals surface area contributed by atoms with Crippen molar-refractivity contribution in [2.75, 3.05) is 5.01 Å². The van der Waals surface area contributed by atoms with Crippen LogP contribution in [0, 0.1) is 11.6 Å². The molecular weight excluding hydrogens is 258 g/mol. The average molecular weight is 272 g/mol. The predicted molar refractivity (Wildman–Crippen MR) is 75.7 cm³/mol. The Morgan fingerprint density at radius 2 is 1.85 bits per heavy atom. The predicted octanol–water partition coefficient (Wildman–Crippen LogP) is 4.08. The van der Waals surface area contributed by atoms with Crippen LogP contribution in [-0.4, -0.2) is 6.21 Å². The summed E-state index contributed by atoms with van der Waals surface area (Å²) in [6, 6.07) is 13.1. The van der Waals surface area contributed by atoms with Crippen molar-refractivity contribution in [3.63, 3.8) is 0 Å². The van der Waals surface area contributed by atoms with Crippen molar-refractivity contribution in [2.45, 2.75) is 18.9 Å². The van der Waals surface area contributed by atoms with E-state index in [0.717, 1.165) is 17.7 Å². The quantitative estimate of drug-likeness (QED) is 0.804. The summed E-state index contributed by atoms with van der Waals surface area (Å²) in [6.45, 7) is 1.97. The Labute approximate surface area is 116 Å². The van der Waals surface area contributed by atoms with E-state index in [0.29, 0.717) is 6.42 Å². The van der Waals surface area contributed by atoms with Gasteiger partial charge in [-0.25, -0.2) is 8.78 Å². The molecule has 0 N–H and O–H groups in total. The van der Waals surface area contributed by atoms with E-state index in [1.165, 1.54) is 6.07 Å². The van der Waals surface area contributed by atoms with Gasteiger partial charge in [0.1, 0.15) is 11.6 Å². The molecule has 1 aliphatic rings. The van der Waals surface area contributed by atoms with Crippen LogP contribution >= 0.6 is 0 Å². The number of anilines is 1. The Hall–Kier alpha value is -2.23. The van der Waals surface area contributed by atoms with Gasteiger partial charge < -0.3 is 0 Å². The molecule has 20 heavy (non-hydrogen) atoms. The van der Waals surface area contributed by atoms with E-state index in [4.69, 9.17) is 0 Å². The highest BCUT2D eigenvalue weighted by molar-refractivity contribution is 5.70. The van der Waals surface area contributed by atoms with E-state index in [9.17, 15) is 8.78 Å². The largest absolute Gasteiger partial charge is 0.252 e. The van der Waals surface area contributed by atoms with Gasteiger partial charge >= 0.3 is 0 Å². The zero-order valence-electron chi connectivity index (χ0n) is 11.1. The highest BCUT2D eigenvalue weighted by Gasteiger charge is 2.38. The van der Waals surface area contributed by atoms with Crippen LogP contribution in [0.4, 0.5) is 14.5 Å². The first-order valence-electron chi connectivity index (χ1n) is 6.44. The van der Waals surface area contributed by atoms with Gasteiger partial charge in [-0.05, 0) is 24.6 Å². The fourth-order valence-electron chi connectivity index (χ4n) is 2.53. The molecule has 0 radical (unpaired) electrons. The summed E-state index contributed by atoms with van der Waals surface area (Å²) in [5, 5.41) is 5.80. The molecule has 1 unspecified atom stereocenters. The molecule has 102 valence electrons. The van der Waals surface area contributed by atoms with Crippen molar-refractivity contribution in [3.8, 4) is 0 Å². The molecule has 0 saturated heterocycles. The lowest BCUT2D eigenvalue weighted by atomic mass is 9.89. The summed E-state index contributed by atoms with van der Waals surface area (Å²) in [5.74, 6) is -0.952. The van der Waals surface area contributed by atoms with Crippen molar-refractivity contribution in [3.05, 3.63) is 65.7 Å². The Balaban J connectivity index is 2.08. The minimum atomic E-state index is -0.504. The Bertz CT molecular complexity index is 655. The first-order chi connectivity index (χ1) is 9.61. The van der Waals surface area contributed by atoms with Gasteiger partial charge in [-0.2, -0.15) is 5.10 Å². The second-order valence-corrected chi connectivity index (χ2v) is 5.05. The number of benzene rings is 2. The van der Waals surface area contributed by atoms with E-state index in [1.807, 2.05) is 37.3 Å². The van der Waals surface area contributed by atoms with Crippen molar-refractivity contribution < 1.29 is 8.78 Å². The molecule has 1 heterocycles. The van der Waals surface area contributed by atoms with E-state index < -0.39 is 17.2 Å². The van der Waals surface area contributed by atoms with Gasteiger partial charge in [0.25, 0.3) is 0 Å². The van der Waals surface area contributed by atoms with Gasteiger partial charge in [0, 0.05) is 18.7 Å². The lowest BCUT2D eigenvalue weighted by molar-refractivity contribution is 0.479. The molecule has 0 spiro atoms. The summed E-state index contributed by atoms with van der Waals surface area (Å²) in [6.07, 6.45) is 2.38. The van der Waals surface area contributed by atoms with Gasteiger partial charge in [0.2, 0.25) is 0 Å². The summed E-state index contributed by atoms with van der Waals surface area (Å²) in [5.41, 5.74) is 0.668. The number of hydrazone groups is 1. The van der Waals surface area contributed by atoms with Crippen LogP contribution in [0.3, 0.4) is 0 Å². The molecular formula is C16H14F2N2. The van der Waals surface area contributed by atoms with Gasteiger partial charge in [0.15, 0.2) is 0 Å². The fourth-order valence-corrected chi connectivity index (χ4v) is 2.53. The number of rotatable bonds is 2. The third-order valence-corrected chi connectivity index (χ3v) is 3.69. The van der Waals surface area contributed by atoms with Crippen LogP contribution < -0.4 is 5.01 Å². The molecule has 2 aromatic rings. The van der Waals surface area contributed by atoms with E-state index in [-0.39, 0.29) is 5.69 Å². The maximum absolute atomic E-state index is 14.0. The zero-order valence-corrected chi connectivity index (χ0v) is 11.1. The maximum atomic E-state index is 14.0. The molecule has 2 nitrogen and oxygen atoms in total. The molecule has 3 rings (SSSR count). The van der Waals surface area contributed by atoms with E-state index in [1.54, 1.807) is 11.2 Å². The Kier molecular flexibility index (Phi) is 3.01. The number of nitrogens with zero attached hydrogens (tertiary/aromatic N) is 2. The van der Waals surface area contributed by atoms with Crippen LogP contribution in [0.25, 0.3) is 0 Å². The topological polar surface area (TPSA) is 15.6 Å². The van der Waals surface area contributed by atoms with E-state index >= 15 is 0 Å². The first kappa shape index (κ1) is 12.8. The molecule has 0 aliphatic carbocycles. The SMILES string of the molecule is CC1(c2ccccc2)CC=NN1c1cc(F)ccc1F. The maximum Gasteiger partial charge on any atom is 0.148 e. The molecule has 0 bridgehead atoms. The van der Waals surface area contributed by atoms with E-state index in [2.05, 4.69) is 5.10 Å². The lowest BCUT2D eigenvalue weighted by Crippen LogP contribution is -2.37. The number of halogens is 2. The van der Waals surface area contributed by atoms with Crippen LogP contribution in [-0.2, 0) is 5.54 Å². The van der Waals surface area contributed by atoms with Crippen molar-refractivity contribution >= 4 is 11.9 Å². The van der Waals surface area contributed by atoms with Crippen LogP contribution in [0.2, 0.25) is 0 Å². The third kappa shape index (κ3) is 1.97. The standard InChI is InChI=1S/C16H14F2N2/c1-16(12-5-3-2-4-6-12)9-10-19-20(16)15-11-13(17)7-8-14(15)18/h2-8,10-11H,9H2,1H3. The molecule has 1 atom stereocenters. The highest BCUT2D eigenvalue weighted by Crippen LogP contribution is 2.39. The summed E-state index contributed by atoms with van der Waals surface area (Å²) in [7, 11) is 0. The summed E-state index contributed by atoms with van der Waals surface area (Å²) in [4.78, 5) is 0. The zero-order chi connectivity index (χ0) is 14.2. The Morgan fingerprint density at radius 3 is 2.60 bits per heavy atom. The second kappa shape index (κ2) is 4.71. The Morgan fingerprint density at radius 1 is 1.10 bits per heavy atom. The number of hydrogen-bond acceptors (Lipinski definition) is 2. The highest BCUT2D eigenvalue weighted by atomic mass is 19.1. The molecule has 0 fully saturated rings. The minimum Gasteiger partial charge on any atom is -0.252 e. The minimum absolute atomic E-state index is 0.158. The lowest BCUT2D eigenvalue weighted by Gasteiger charge is -2.35. The molecule has 2 aromatic carbocycles. The van der Waals surface area contributed by atoms with Crippen LogP contribution in [0.5, 0.6) is 0 Å². The molecule has 0 aromatic heterocycles. The smallest absolute Gasteiger partial charge is 0.148 e. The summed E-state index contributed by atoms with van der Waals surface area (Å²) < 4.78 is 27.4. The van der Waals surface area contributed by atoms with Gasteiger partial charge in [-0.15, -0.1) is 0 Å². The third-order valence-electron chi connectivity index (χ3n) is 3.69. The van der Waals surface area contributed by atoms with Gasteiger partial charge in [0.05, 0.1) is 11.2 Å². The van der Waals surface area contributed by atoms with Crippen molar-refractivity contribution in [1.29, 1.82) is 0 Å². The second-order valence-electron chi connectivity index (χ2n) is 5.05. The van der Waals surface area contributed by atoms with Crippen LogP contribution in [0.1, 0.15) is 18.9 Å². The molecule has 0 amide bonds. The van der Waals surface area contributed by atoms with Crippen molar-refractivity contribution in [1.82, 2.24) is 0 Å². The van der Waals surface area contributed by atoms with Gasteiger partial charge in [-0.1, -0.05) is 30.3 Å². The normalized spacial score (nSPS) is 21.4. The van der Waals surface area contributed by atoms with Crippen molar-refractivity contribution in [2.24, 2.45) is 5.10 Å².